The van der Waals surface area contributed by atoms with Crippen LogP contribution in [0.4, 0.5) is 0 Å². The zero-order valence-corrected chi connectivity index (χ0v) is 11.4. The van der Waals surface area contributed by atoms with Gasteiger partial charge in [0.05, 0.1) is 0 Å². The first kappa shape index (κ1) is 15.0. The van der Waals surface area contributed by atoms with Gasteiger partial charge in [-0.05, 0) is 32.6 Å². The van der Waals surface area contributed by atoms with Crippen LogP contribution in [0.2, 0.25) is 0 Å². The van der Waals surface area contributed by atoms with E-state index in [0.29, 0.717) is 19.5 Å². The number of likely N-dealkylation sites (tertiary alicyclic amines) is 1. The minimum atomic E-state index is -0.299. The van der Waals surface area contributed by atoms with Gasteiger partial charge in [0, 0.05) is 25.6 Å². The summed E-state index contributed by atoms with van der Waals surface area (Å²) in [6, 6.07) is -0.339. The van der Waals surface area contributed by atoms with Gasteiger partial charge in [-0.25, -0.2) is 0 Å². The molecule has 0 aliphatic carbocycles. The normalized spacial score (nSPS) is 21.5. The largest absolute Gasteiger partial charge is 0.351 e. The van der Waals surface area contributed by atoms with Crippen LogP contribution >= 0.6 is 0 Å². The topological polar surface area (TPSA) is 75.4 Å². The van der Waals surface area contributed by atoms with Crippen LogP contribution in [0.3, 0.4) is 0 Å². The van der Waals surface area contributed by atoms with Crippen molar-refractivity contribution in [1.82, 2.24) is 10.2 Å². The Balaban J connectivity index is 2.63. The summed E-state index contributed by atoms with van der Waals surface area (Å²) < 4.78 is 0. The minimum absolute atomic E-state index is 0.0393. The van der Waals surface area contributed by atoms with Crippen LogP contribution in [-0.2, 0) is 9.59 Å². The lowest BCUT2D eigenvalue weighted by molar-refractivity contribution is -0.142. The molecule has 0 bridgehead atoms. The number of amides is 2. The van der Waals surface area contributed by atoms with Crippen molar-refractivity contribution in [3.8, 4) is 0 Å². The summed E-state index contributed by atoms with van der Waals surface area (Å²) in [7, 11) is 0. The second-order valence-electron chi connectivity index (χ2n) is 4.99. The molecule has 5 heteroatoms. The second-order valence-corrected chi connectivity index (χ2v) is 4.99. The maximum absolute atomic E-state index is 12.1. The molecule has 1 unspecified atom stereocenters. The first-order chi connectivity index (χ1) is 8.60. The number of nitrogens with zero attached hydrogens (tertiary/aromatic N) is 1. The molecular weight excluding hydrogens is 230 g/mol. The van der Waals surface area contributed by atoms with E-state index in [1.54, 1.807) is 4.90 Å². The summed E-state index contributed by atoms with van der Waals surface area (Å²) in [5, 5.41) is 2.87. The van der Waals surface area contributed by atoms with Crippen molar-refractivity contribution in [2.75, 3.05) is 13.1 Å². The highest BCUT2D eigenvalue weighted by Gasteiger charge is 2.31. The van der Waals surface area contributed by atoms with Crippen LogP contribution in [0.25, 0.3) is 0 Å². The average molecular weight is 255 g/mol. The van der Waals surface area contributed by atoms with E-state index in [1.165, 1.54) is 0 Å². The first-order valence-corrected chi connectivity index (χ1v) is 6.90. The number of carbonyl (C=O) groups is 2. The summed E-state index contributed by atoms with van der Waals surface area (Å²) in [5.41, 5.74) is 5.50. The molecule has 3 N–H and O–H groups in total. The Labute approximate surface area is 109 Å². The molecular formula is C13H25N3O2. The predicted molar refractivity (Wildman–Crippen MR) is 70.9 cm³/mol. The van der Waals surface area contributed by atoms with E-state index in [9.17, 15) is 9.59 Å². The predicted octanol–water partition coefficient (Wildman–Crippen LogP) is 0.631. The zero-order valence-electron chi connectivity index (χ0n) is 11.4. The average Bonchev–Trinajstić information content (AvgIpc) is 2.38. The van der Waals surface area contributed by atoms with Gasteiger partial charge in [0.25, 0.3) is 0 Å². The van der Waals surface area contributed by atoms with Crippen molar-refractivity contribution in [2.24, 2.45) is 5.73 Å². The second kappa shape index (κ2) is 7.36. The molecule has 1 rings (SSSR count). The number of rotatable bonds is 5. The highest BCUT2D eigenvalue weighted by atomic mass is 16.2. The van der Waals surface area contributed by atoms with Crippen molar-refractivity contribution in [3.05, 3.63) is 0 Å². The Morgan fingerprint density at radius 3 is 2.78 bits per heavy atom. The number of carbonyl (C=O) groups excluding carboxylic acids is 2. The minimum Gasteiger partial charge on any atom is -0.351 e. The van der Waals surface area contributed by atoms with E-state index >= 15 is 0 Å². The molecule has 5 nitrogen and oxygen atoms in total. The fourth-order valence-electron chi connectivity index (χ4n) is 2.26. The highest BCUT2D eigenvalue weighted by molar-refractivity contribution is 5.88. The zero-order chi connectivity index (χ0) is 13.5. The quantitative estimate of drug-likeness (QED) is 0.756. The molecule has 0 aromatic rings. The van der Waals surface area contributed by atoms with Gasteiger partial charge in [0.2, 0.25) is 11.8 Å². The van der Waals surface area contributed by atoms with E-state index in [1.807, 2.05) is 13.8 Å². The van der Waals surface area contributed by atoms with Crippen molar-refractivity contribution in [2.45, 2.75) is 58.0 Å². The molecule has 104 valence electrons. The third kappa shape index (κ3) is 3.98. The summed E-state index contributed by atoms with van der Waals surface area (Å²) in [6.45, 7) is 4.97. The maximum atomic E-state index is 12.1. The molecule has 0 aromatic carbocycles. The van der Waals surface area contributed by atoms with Gasteiger partial charge in [-0.15, -0.1) is 0 Å². The van der Waals surface area contributed by atoms with E-state index < -0.39 is 0 Å². The van der Waals surface area contributed by atoms with Gasteiger partial charge in [0.15, 0.2) is 0 Å². The Morgan fingerprint density at radius 1 is 1.44 bits per heavy atom. The van der Waals surface area contributed by atoms with Crippen LogP contribution < -0.4 is 11.1 Å². The molecule has 0 radical (unpaired) electrons. The fraction of sp³-hybridized carbons (Fsp3) is 0.846. The van der Waals surface area contributed by atoms with E-state index in [0.717, 1.165) is 25.7 Å². The lowest BCUT2D eigenvalue weighted by Gasteiger charge is -2.35. The Hall–Kier alpha value is -1.10. The molecule has 1 fully saturated rings. The lowest BCUT2D eigenvalue weighted by atomic mass is 10.0. The van der Waals surface area contributed by atoms with Crippen LogP contribution in [0.15, 0.2) is 0 Å². The molecule has 1 heterocycles. The number of nitrogens with two attached hydrogens (primary N) is 1. The van der Waals surface area contributed by atoms with Crippen LogP contribution in [0, 0.1) is 0 Å². The molecule has 1 aliphatic heterocycles. The lowest BCUT2D eigenvalue weighted by Crippen LogP contribution is -2.54. The van der Waals surface area contributed by atoms with Gasteiger partial charge in [0.1, 0.15) is 6.04 Å². The highest BCUT2D eigenvalue weighted by Crippen LogP contribution is 2.18. The maximum Gasteiger partial charge on any atom is 0.243 e. The van der Waals surface area contributed by atoms with Crippen molar-refractivity contribution in [3.63, 3.8) is 0 Å². The van der Waals surface area contributed by atoms with Crippen molar-refractivity contribution < 1.29 is 9.59 Å². The van der Waals surface area contributed by atoms with Crippen molar-refractivity contribution >= 4 is 11.8 Å². The summed E-state index contributed by atoms with van der Waals surface area (Å²) in [6.07, 6.45) is 4.11. The van der Waals surface area contributed by atoms with Gasteiger partial charge in [-0.2, -0.15) is 0 Å². The number of piperidine rings is 1. The molecule has 0 saturated carbocycles. The molecule has 2 amide bonds. The van der Waals surface area contributed by atoms with E-state index in [-0.39, 0.29) is 23.9 Å². The SMILES string of the molecule is CCCC(=O)N1CCCCC1C(=O)N[C@@H](C)CN. The molecule has 1 saturated heterocycles. The monoisotopic (exact) mass is 255 g/mol. The van der Waals surface area contributed by atoms with Gasteiger partial charge >= 0.3 is 0 Å². The third-order valence-corrected chi connectivity index (χ3v) is 3.33. The Kier molecular flexibility index (Phi) is 6.12. The van der Waals surface area contributed by atoms with Crippen LogP contribution in [0.1, 0.15) is 46.0 Å². The van der Waals surface area contributed by atoms with Crippen LogP contribution in [0.5, 0.6) is 0 Å². The van der Waals surface area contributed by atoms with Gasteiger partial charge in [-0.3, -0.25) is 9.59 Å². The fourth-order valence-corrected chi connectivity index (χ4v) is 2.26. The van der Waals surface area contributed by atoms with Gasteiger partial charge < -0.3 is 16.0 Å². The number of hydrogen-bond donors (Lipinski definition) is 2. The number of nitrogens with one attached hydrogen (secondary N) is 1. The molecule has 0 aromatic heterocycles. The molecule has 2 atom stereocenters. The smallest absolute Gasteiger partial charge is 0.243 e. The van der Waals surface area contributed by atoms with E-state index in [2.05, 4.69) is 5.32 Å². The summed E-state index contributed by atoms with van der Waals surface area (Å²) >= 11 is 0. The third-order valence-electron chi connectivity index (χ3n) is 3.33. The molecule has 18 heavy (non-hydrogen) atoms. The van der Waals surface area contributed by atoms with E-state index in [4.69, 9.17) is 5.73 Å². The molecule has 1 aliphatic rings. The standard InChI is InChI=1S/C13H25N3O2/c1-3-6-12(17)16-8-5-4-7-11(16)13(18)15-10(2)9-14/h10-11H,3-9,14H2,1-2H3,(H,15,18)/t10-,11?/m0/s1. The number of hydrogen-bond acceptors (Lipinski definition) is 3. The van der Waals surface area contributed by atoms with Crippen molar-refractivity contribution in [1.29, 1.82) is 0 Å². The molecule has 0 spiro atoms. The Bertz CT molecular complexity index is 294. The summed E-state index contributed by atoms with van der Waals surface area (Å²) in [4.78, 5) is 25.9. The van der Waals surface area contributed by atoms with Crippen LogP contribution in [-0.4, -0.2) is 41.9 Å². The van der Waals surface area contributed by atoms with Gasteiger partial charge in [-0.1, -0.05) is 6.92 Å². The Morgan fingerprint density at radius 2 is 2.17 bits per heavy atom. The first-order valence-electron chi connectivity index (χ1n) is 6.90. The summed E-state index contributed by atoms with van der Waals surface area (Å²) in [5.74, 6) is 0.0369.